The first-order chi connectivity index (χ1) is 22.1. The third-order valence-electron chi connectivity index (χ3n) is 10.1. The van der Waals surface area contributed by atoms with E-state index >= 15 is 0 Å². The quantitative estimate of drug-likeness (QED) is 0.0592. The van der Waals surface area contributed by atoms with Crippen LogP contribution in [-0.4, -0.2) is 73.1 Å². The SMILES string of the molecule is CCCCCC(CCCCC)CCCOC(=O)C(C)(C)CCCCCCN1CC[C@H](OC(=O)CCC(=O)N2CC=C(C)CCC2)C1. The van der Waals surface area contributed by atoms with E-state index in [1.54, 1.807) is 0 Å². The van der Waals surface area contributed by atoms with Gasteiger partial charge in [-0.2, -0.15) is 0 Å². The molecule has 0 bridgehead atoms. The lowest BCUT2D eigenvalue weighted by Crippen LogP contribution is -2.32. The van der Waals surface area contributed by atoms with E-state index in [-0.39, 0.29) is 36.8 Å². The van der Waals surface area contributed by atoms with Gasteiger partial charge in [-0.15, -0.1) is 0 Å². The molecule has 0 N–H and O–H groups in total. The number of carbonyl (C=O) groups is 3. The van der Waals surface area contributed by atoms with Crippen LogP contribution in [0.2, 0.25) is 0 Å². The summed E-state index contributed by atoms with van der Waals surface area (Å²) in [7, 11) is 0. The highest BCUT2D eigenvalue weighted by atomic mass is 16.5. The fourth-order valence-corrected chi connectivity index (χ4v) is 6.83. The predicted octanol–water partition coefficient (Wildman–Crippen LogP) is 9.03. The molecule has 1 saturated heterocycles. The lowest BCUT2D eigenvalue weighted by atomic mass is 9.87. The molecule has 46 heavy (non-hydrogen) atoms. The number of allylic oxidation sites excluding steroid dienone is 1. The van der Waals surface area contributed by atoms with Crippen LogP contribution in [0.3, 0.4) is 0 Å². The smallest absolute Gasteiger partial charge is 0.311 e. The van der Waals surface area contributed by atoms with Crippen LogP contribution in [0.4, 0.5) is 0 Å². The molecular weight excluding hydrogens is 576 g/mol. The zero-order chi connectivity index (χ0) is 33.6. The van der Waals surface area contributed by atoms with Gasteiger partial charge in [0, 0.05) is 32.6 Å². The molecule has 0 radical (unpaired) electrons. The average molecular weight is 647 g/mol. The Bertz CT molecular complexity index is 891. The molecule has 7 heteroatoms. The summed E-state index contributed by atoms with van der Waals surface area (Å²) < 4.78 is 11.5. The second-order valence-corrected chi connectivity index (χ2v) is 14.9. The number of likely N-dealkylation sites (tertiary alicyclic amines) is 1. The number of nitrogens with zero attached hydrogens (tertiary/aromatic N) is 2. The number of ether oxygens (including phenoxy) is 2. The molecule has 1 fully saturated rings. The van der Waals surface area contributed by atoms with Gasteiger partial charge in [0.15, 0.2) is 0 Å². The molecule has 0 aromatic heterocycles. The molecule has 266 valence electrons. The number of amides is 1. The van der Waals surface area contributed by atoms with Crippen LogP contribution in [0.5, 0.6) is 0 Å². The zero-order valence-electron chi connectivity index (χ0n) is 30.6. The highest BCUT2D eigenvalue weighted by Gasteiger charge is 2.29. The molecule has 0 aromatic rings. The van der Waals surface area contributed by atoms with Crippen molar-refractivity contribution in [2.24, 2.45) is 11.3 Å². The molecule has 2 aliphatic rings. The summed E-state index contributed by atoms with van der Waals surface area (Å²) >= 11 is 0. The van der Waals surface area contributed by atoms with Crippen LogP contribution in [0.25, 0.3) is 0 Å². The number of rotatable bonds is 24. The maximum absolute atomic E-state index is 12.8. The Labute approximate surface area is 282 Å². The monoisotopic (exact) mass is 647 g/mol. The van der Waals surface area contributed by atoms with Gasteiger partial charge in [-0.1, -0.05) is 96.1 Å². The second-order valence-electron chi connectivity index (χ2n) is 14.9. The van der Waals surface area contributed by atoms with Crippen molar-refractivity contribution in [1.82, 2.24) is 9.80 Å². The van der Waals surface area contributed by atoms with Gasteiger partial charge in [-0.05, 0) is 78.2 Å². The Morgan fingerprint density at radius 2 is 1.59 bits per heavy atom. The number of unbranched alkanes of at least 4 members (excludes halogenated alkanes) is 7. The van der Waals surface area contributed by atoms with E-state index in [4.69, 9.17) is 9.47 Å². The fourth-order valence-electron chi connectivity index (χ4n) is 6.83. The van der Waals surface area contributed by atoms with E-state index < -0.39 is 5.41 Å². The molecule has 0 aromatic carbocycles. The predicted molar refractivity (Wildman–Crippen MR) is 189 cm³/mol. The van der Waals surface area contributed by atoms with Crippen molar-refractivity contribution in [3.8, 4) is 0 Å². The number of hydrogen-bond acceptors (Lipinski definition) is 6. The third kappa shape index (κ3) is 17.3. The molecule has 1 amide bonds. The Balaban J connectivity index is 1.52. The molecule has 2 rings (SSSR count). The molecule has 0 spiro atoms. The standard InChI is InChI=1S/C39H70N2O5/c1-6-8-12-19-34(20-13-9-7-2)21-17-31-45-38(44)39(4,5)26-14-10-11-15-27-40-29-25-35(32-40)46-37(43)23-22-36(42)41-28-16-18-33(3)24-30-41/h24,34-35H,6-23,25-32H2,1-5H3/t35-/m0/s1. The van der Waals surface area contributed by atoms with E-state index in [0.29, 0.717) is 13.2 Å². The summed E-state index contributed by atoms with van der Waals surface area (Å²) in [6.45, 7) is 15.4. The van der Waals surface area contributed by atoms with E-state index in [1.165, 1.54) is 63.4 Å². The molecule has 1 atom stereocenters. The Morgan fingerprint density at radius 1 is 0.891 bits per heavy atom. The molecule has 7 nitrogen and oxygen atoms in total. The van der Waals surface area contributed by atoms with Crippen molar-refractivity contribution < 1.29 is 23.9 Å². The fraction of sp³-hybridized carbons (Fsp3) is 0.872. The summed E-state index contributed by atoms with van der Waals surface area (Å²) in [6, 6.07) is 0. The summed E-state index contributed by atoms with van der Waals surface area (Å²) in [5, 5.41) is 0. The van der Waals surface area contributed by atoms with E-state index in [1.807, 2.05) is 18.7 Å². The molecule has 0 aliphatic carbocycles. The lowest BCUT2D eigenvalue weighted by Gasteiger charge is -2.23. The highest BCUT2D eigenvalue weighted by Crippen LogP contribution is 2.27. The Kier molecular flexibility index (Phi) is 20.5. The first-order valence-corrected chi connectivity index (χ1v) is 19.2. The van der Waals surface area contributed by atoms with Crippen LogP contribution in [-0.2, 0) is 23.9 Å². The molecular formula is C39H70N2O5. The minimum absolute atomic E-state index is 0.0442. The number of hydrogen-bond donors (Lipinski definition) is 0. The first kappa shape index (κ1) is 40.3. The van der Waals surface area contributed by atoms with E-state index in [2.05, 4.69) is 31.7 Å². The van der Waals surface area contributed by atoms with Gasteiger partial charge in [0.25, 0.3) is 0 Å². The van der Waals surface area contributed by atoms with E-state index in [9.17, 15) is 14.4 Å². The number of esters is 2. The summed E-state index contributed by atoms with van der Waals surface area (Å²) in [5.41, 5.74) is 0.906. The summed E-state index contributed by atoms with van der Waals surface area (Å²) in [5.74, 6) is 0.532. The normalized spacial score (nSPS) is 17.7. The third-order valence-corrected chi connectivity index (χ3v) is 10.1. The summed E-state index contributed by atoms with van der Waals surface area (Å²) in [4.78, 5) is 42.0. The van der Waals surface area contributed by atoms with Crippen molar-refractivity contribution in [3.05, 3.63) is 11.6 Å². The maximum atomic E-state index is 12.8. The molecule has 0 unspecified atom stereocenters. The van der Waals surface area contributed by atoms with Gasteiger partial charge in [0.1, 0.15) is 6.10 Å². The van der Waals surface area contributed by atoms with Gasteiger partial charge in [-0.3, -0.25) is 19.3 Å². The minimum Gasteiger partial charge on any atom is -0.465 e. The summed E-state index contributed by atoms with van der Waals surface area (Å²) in [6.07, 6.45) is 23.3. The molecule has 0 saturated carbocycles. The lowest BCUT2D eigenvalue weighted by molar-refractivity contribution is -0.154. The first-order valence-electron chi connectivity index (χ1n) is 19.2. The van der Waals surface area contributed by atoms with Crippen molar-refractivity contribution >= 4 is 17.8 Å². The Morgan fingerprint density at radius 3 is 2.30 bits per heavy atom. The zero-order valence-corrected chi connectivity index (χ0v) is 30.6. The molecule has 2 aliphatic heterocycles. The van der Waals surface area contributed by atoms with Crippen LogP contribution in [0.1, 0.15) is 163 Å². The number of carbonyl (C=O) groups excluding carboxylic acids is 3. The Hall–Kier alpha value is -1.89. The van der Waals surface area contributed by atoms with Gasteiger partial charge in [0.05, 0.1) is 18.4 Å². The van der Waals surface area contributed by atoms with Gasteiger partial charge >= 0.3 is 11.9 Å². The van der Waals surface area contributed by atoms with Crippen molar-refractivity contribution in [2.75, 3.05) is 39.3 Å². The highest BCUT2D eigenvalue weighted by molar-refractivity contribution is 5.81. The average Bonchev–Trinajstić information content (AvgIpc) is 3.35. The van der Waals surface area contributed by atoms with Crippen LogP contribution in [0, 0.1) is 11.3 Å². The topological polar surface area (TPSA) is 76.1 Å². The minimum atomic E-state index is -0.429. The van der Waals surface area contributed by atoms with Crippen molar-refractivity contribution in [2.45, 2.75) is 169 Å². The van der Waals surface area contributed by atoms with Gasteiger partial charge in [-0.25, -0.2) is 0 Å². The van der Waals surface area contributed by atoms with Gasteiger partial charge < -0.3 is 14.4 Å². The van der Waals surface area contributed by atoms with Gasteiger partial charge in [0.2, 0.25) is 5.91 Å². The van der Waals surface area contributed by atoms with Crippen LogP contribution < -0.4 is 0 Å². The van der Waals surface area contributed by atoms with Crippen LogP contribution in [0.15, 0.2) is 11.6 Å². The van der Waals surface area contributed by atoms with Crippen LogP contribution >= 0.6 is 0 Å². The second kappa shape index (κ2) is 23.4. The van der Waals surface area contributed by atoms with E-state index in [0.717, 1.165) is 89.9 Å². The largest absolute Gasteiger partial charge is 0.465 e. The van der Waals surface area contributed by atoms with Crippen molar-refractivity contribution in [1.29, 1.82) is 0 Å². The van der Waals surface area contributed by atoms with Crippen molar-refractivity contribution in [3.63, 3.8) is 0 Å². The molecule has 2 heterocycles. The maximum Gasteiger partial charge on any atom is 0.311 e.